The van der Waals surface area contributed by atoms with E-state index in [9.17, 15) is 4.79 Å². The highest BCUT2D eigenvalue weighted by Gasteiger charge is 2.23. The highest BCUT2D eigenvalue weighted by molar-refractivity contribution is 5.98. The second-order valence-corrected chi connectivity index (χ2v) is 5.39. The number of hydrogen-bond acceptors (Lipinski definition) is 2. The lowest BCUT2D eigenvalue weighted by atomic mass is 9.88. The zero-order valence-corrected chi connectivity index (χ0v) is 12.3. The second kappa shape index (κ2) is 6.02. The number of ketones is 1. The molecule has 0 amide bonds. The molecule has 0 saturated heterocycles. The summed E-state index contributed by atoms with van der Waals surface area (Å²) in [5, 5.41) is 0. The van der Waals surface area contributed by atoms with E-state index in [1.807, 2.05) is 69.3 Å². The van der Waals surface area contributed by atoms with Crippen LogP contribution in [0, 0.1) is 19.8 Å². The summed E-state index contributed by atoms with van der Waals surface area (Å²) in [5.41, 5.74) is 10.3. The summed E-state index contributed by atoms with van der Waals surface area (Å²) in [5.74, 6) is -0.135. The van der Waals surface area contributed by atoms with Gasteiger partial charge < -0.3 is 5.73 Å². The Kier molecular flexibility index (Phi) is 4.35. The number of carbonyl (C=O) groups is 1. The van der Waals surface area contributed by atoms with E-state index >= 15 is 0 Å². The topological polar surface area (TPSA) is 43.1 Å². The van der Waals surface area contributed by atoms with Gasteiger partial charge in [0, 0.05) is 17.5 Å². The van der Waals surface area contributed by atoms with Crippen LogP contribution in [0.25, 0.3) is 0 Å². The van der Waals surface area contributed by atoms with Gasteiger partial charge in [0.25, 0.3) is 0 Å². The van der Waals surface area contributed by atoms with Crippen LogP contribution < -0.4 is 5.73 Å². The highest BCUT2D eigenvalue weighted by atomic mass is 16.1. The Bertz CT molecular complexity index is 604. The lowest BCUT2D eigenvalue weighted by Gasteiger charge is -2.19. The van der Waals surface area contributed by atoms with E-state index in [2.05, 4.69) is 0 Å². The molecule has 0 aliphatic heterocycles. The maximum atomic E-state index is 12.5. The third kappa shape index (κ3) is 2.97. The van der Waals surface area contributed by atoms with Crippen LogP contribution in [0.15, 0.2) is 48.5 Å². The summed E-state index contributed by atoms with van der Waals surface area (Å²) in [6.07, 6.45) is 0. The Morgan fingerprint density at radius 3 is 2.25 bits per heavy atom. The Morgan fingerprint density at radius 2 is 1.65 bits per heavy atom. The van der Waals surface area contributed by atoms with Crippen molar-refractivity contribution in [2.45, 2.75) is 26.8 Å². The number of aryl methyl sites for hydroxylation is 2. The summed E-state index contributed by atoms with van der Waals surface area (Å²) in [7, 11) is 0. The van der Waals surface area contributed by atoms with Gasteiger partial charge >= 0.3 is 0 Å². The lowest BCUT2D eigenvalue weighted by Crippen LogP contribution is -2.26. The molecule has 2 unspecified atom stereocenters. The predicted molar refractivity (Wildman–Crippen MR) is 82.8 cm³/mol. The molecule has 0 heterocycles. The summed E-state index contributed by atoms with van der Waals surface area (Å²) in [6, 6.07) is 15.3. The maximum absolute atomic E-state index is 12.5. The molecule has 2 nitrogen and oxygen atoms in total. The smallest absolute Gasteiger partial charge is 0.167 e. The number of rotatable bonds is 4. The molecule has 0 aromatic heterocycles. The Morgan fingerprint density at radius 1 is 1.00 bits per heavy atom. The summed E-state index contributed by atoms with van der Waals surface area (Å²) >= 11 is 0. The van der Waals surface area contributed by atoms with E-state index in [1.165, 1.54) is 5.56 Å². The number of carbonyl (C=O) groups excluding carboxylic acids is 1. The fraction of sp³-hybridized carbons (Fsp3) is 0.278. The second-order valence-electron chi connectivity index (χ2n) is 5.39. The standard InChI is InChI=1S/C18H21NO/c1-12-9-10-16(11-13(12)2)18(20)14(3)17(19)15-7-5-4-6-8-15/h4-11,14,17H,19H2,1-3H3. The van der Waals surface area contributed by atoms with Crippen molar-refractivity contribution in [2.24, 2.45) is 11.7 Å². The van der Waals surface area contributed by atoms with E-state index in [1.54, 1.807) is 0 Å². The molecule has 2 rings (SSSR count). The normalized spacial score (nSPS) is 13.8. The van der Waals surface area contributed by atoms with Gasteiger partial charge in [-0.25, -0.2) is 0 Å². The van der Waals surface area contributed by atoms with E-state index in [4.69, 9.17) is 5.73 Å². The zero-order valence-electron chi connectivity index (χ0n) is 12.3. The first-order valence-electron chi connectivity index (χ1n) is 6.92. The Labute approximate surface area is 120 Å². The summed E-state index contributed by atoms with van der Waals surface area (Å²) in [4.78, 5) is 12.5. The van der Waals surface area contributed by atoms with Gasteiger partial charge in [-0.1, -0.05) is 49.4 Å². The Balaban J connectivity index is 2.22. The minimum Gasteiger partial charge on any atom is -0.323 e. The molecule has 0 saturated carbocycles. The minimum atomic E-state index is -0.273. The van der Waals surface area contributed by atoms with Gasteiger partial charge in [0.1, 0.15) is 0 Å². The van der Waals surface area contributed by atoms with Gasteiger partial charge in [0.2, 0.25) is 0 Å². The average molecular weight is 267 g/mol. The van der Waals surface area contributed by atoms with Crippen LogP contribution in [0.4, 0.5) is 0 Å². The molecule has 0 aliphatic rings. The van der Waals surface area contributed by atoms with E-state index in [-0.39, 0.29) is 17.7 Å². The van der Waals surface area contributed by atoms with E-state index < -0.39 is 0 Å². The molecular formula is C18H21NO. The molecular weight excluding hydrogens is 246 g/mol. The Hall–Kier alpha value is -1.93. The van der Waals surface area contributed by atoms with Crippen molar-refractivity contribution in [2.75, 3.05) is 0 Å². The van der Waals surface area contributed by atoms with Gasteiger partial charge in [-0.15, -0.1) is 0 Å². The first kappa shape index (κ1) is 14.5. The van der Waals surface area contributed by atoms with Gasteiger partial charge in [0.15, 0.2) is 5.78 Å². The molecule has 0 bridgehead atoms. The molecule has 2 aromatic carbocycles. The molecule has 104 valence electrons. The van der Waals surface area contributed by atoms with Gasteiger partial charge in [-0.3, -0.25) is 4.79 Å². The van der Waals surface area contributed by atoms with Crippen molar-refractivity contribution < 1.29 is 4.79 Å². The molecule has 2 N–H and O–H groups in total. The van der Waals surface area contributed by atoms with Crippen LogP contribution in [0.1, 0.15) is 40.0 Å². The van der Waals surface area contributed by atoms with Crippen LogP contribution in [0.5, 0.6) is 0 Å². The predicted octanol–water partition coefficient (Wildman–Crippen LogP) is 3.82. The lowest BCUT2D eigenvalue weighted by molar-refractivity contribution is 0.0912. The molecule has 20 heavy (non-hydrogen) atoms. The summed E-state index contributed by atoms with van der Waals surface area (Å²) in [6.45, 7) is 5.96. The largest absolute Gasteiger partial charge is 0.323 e. The maximum Gasteiger partial charge on any atom is 0.167 e. The van der Waals surface area contributed by atoms with Crippen LogP contribution in [0.2, 0.25) is 0 Å². The third-order valence-electron chi connectivity index (χ3n) is 3.93. The SMILES string of the molecule is Cc1ccc(C(=O)C(C)C(N)c2ccccc2)cc1C. The number of hydrogen-bond donors (Lipinski definition) is 1. The number of benzene rings is 2. The molecule has 2 atom stereocenters. The van der Waals surface area contributed by atoms with Crippen LogP contribution in [-0.4, -0.2) is 5.78 Å². The van der Waals surface area contributed by atoms with Gasteiger partial charge in [-0.2, -0.15) is 0 Å². The van der Waals surface area contributed by atoms with Crippen molar-refractivity contribution in [1.29, 1.82) is 0 Å². The average Bonchev–Trinajstić information content (AvgIpc) is 2.48. The number of Topliss-reactive ketones (excluding diaryl/α,β-unsaturated/α-hetero) is 1. The molecule has 2 heteroatoms. The number of nitrogens with two attached hydrogens (primary N) is 1. The van der Waals surface area contributed by atoms with Crippen molar-refractivity contribution >= 4 is 5.78 Å². The minimum absolute atomic E-state index is 0.101. The highest BCUT2D eigenvalue weighted by Crippen LogP contribution is 2.23. The molecule has 0 radical (unpaired) electrons. The van der Waals surface area contributed by atoms with E-state index in [0.29, 0.717) is 0 Å². The van der Waals surface area contributed by atoms with Crippen molar-refractivity contribution in [1.82, 2.24) is 0 Å². The first-order chi connectivity index (χ1) is 9.50. The van der Waals surface area contributed by atoms with Crippen LogP contribution >= 0.6 is 0 Å². The first-order valence-corrected chi connectivity index (χ1v) is 6.92. The van der Waals surface area contributed by atoms with Crippen molar-refractivity contribution in [3.63, 3.8) is 0 Å². The van der Waals surface area contributed by atoms with Gasteiger partial charge in [-0.05, 0) is 36.6 Å². The van der Waals surface area contributed by atoms with E-state index in [0.717, 1.165) is 16.7 Å². The fourth-order valence-electron chi connectivity index (χ4n) is 2.28. The zero-order chi connectivity index (χ0) is 14.7. The summed E-state index contributed by atoms with van der Waals surface area (Å²) < 4.78 is 0. The molecule has 0 aliphatic carbocycles. The fourth-order valence-corrected chi connectivity index (χ4v) is 2.28. The van der Waals surface area contributed by atoms with Crippen molar-refractivity contribution in [3.8, 4) is 0 Å². The molecule has 0 spiro atoms. The molecule has 0 fully saturated rings. The molecule has 2 aromatic rings. The van der Waals surface area contributed by atoms with Crippen molar-refractivity contribution in [3.05, 3.63) is 70.8 Å². The van der Waals surface area contributed by atoms with Crippen LogP contribution in [0.3, 0.4) is 0 Å². The third-order valence-corrected chi connectivity index (χ3v) is 3.93. The quantitative estimate of drug-likeness (QED) is 0.856. The van der Waals surface area contributed by atoms with Gasteiger partial charge in [0.05, 0.1) is 0 Å². The van der Waals surface area contributed by atoms with Crippen LogP contribution in [-0.2, 0) is 0 Å². The monoisotopic (exact) mass is 267 g/mol.